The lowest BCUT2D eigenvalue weighted by Crippen LogP contribution is -2.54. The highest BCUT2D eigenvalue weighted by molar-refractivity contribution is 6.25. The Bertz CT molecular complexity index is 2830. The molecule has 5 fully saturated rings. The van der Waals surface area contributed by atoms with E-state index in [0.29, 0.717) is 57.4 Å². The molecule has 10 rings (SSSR count). The van der Waals surface area contributed by atoms with Gasteiger partial charge < -0.3 is 30.4 Å². The minimum atomic E-state index is -1.64. The fraction of sp³-hybridized carbons (Fsp3) is 0.500. The molecule has 0 bridgehead atoms. The molecule has 2 aromatic carbocycles. The number of nitrogens with one attached hydrogen (secondary N) is 3. The van der Waals surface area contributed by atoms with E-state index in [9.17, 15) is 33.2 Å². The highest BCUT2D eigenvalue weighted by Crippen LogP contribution is 2.53. The second kappa shape index (κ2) is 18.3. The molecule has 69 heavy (non-hydrogen) atoms. The van der Waals surface area contributed by atoms with Crippen molar-refractivity contribution in [3.63, 3.8) is 0 Å². The molecule has 2 unspecified atom stereocenters. The standard InChI is InChI=1S/C52H57FN8O8/c1-4-32-43(53)48(65)59-44(32)40-25-56-49(69-40)45-35-21-39(68-3)36(46(54)63)20-34(35)29(24-55-45)13-12-27-8-10-28(11-9-27)26-60(2)31-16-18-52(19-17-31)22-30(23-52)57-37-7-5-6-33-42(37)51(67)61(50(33)66)38-14-15-41(62)58-47(38)64/h5-7,20-21,24-25,27-28,30-32,38,43-44,57H,4,8-11,14-19,22-23,26H2,1-3H3,(H2,54,63)(H,59,65)(H,58,62,64)/t27?,28?,30?,31?,32-,38?,43+,44?,52?/m1/s1. The molecule has 16 nitrogen and oxygen atoms in total. The summed E-state index contributed by atoms with van der Waals surface area (Å²) in [7, 11) is 3.71. The number of methoxy groups -OCH3 is 1. The summed E-state index contributed by atoms with van der Waals surface area (Å²) in [6.07, 6.45) is 12.8. The number of nitrogens with two attached hydrogens (primary N) is 1. The van der Waals surface area contributed by atoms with E-state index in [2.05, 4.69) is 44.7 Å². The first-order valence-electron chi connectivity index (χ1n) is 24.3. The summed E-state index contributed by atoms with van der Waals surface area (Å²) in [5.74, 6) is 4.51. The predicted molar refractivity (Wildman–Crippen MR) is 251 cm³/mol. The molecule has 3 saturated carbocycles. The Balaban J connectivity index is 0.732. The first kappa shape index (κ1) is 46.1. The topological polar surface area (TPSA) is 219 Å². The van der Waals surface area contributed by atoms with Gasteiger partial charge in [-0.1, -0.05) is 24.8 Å². The first-order chi connectivity index (χ1) is 33.2. The number of imide groups is 2. The molecule has 2 saturated heterocycles. The number of carbonyl (C=O) groups excluding carboxylic acids is 6. The summed E-state index contributed by atoms with van der Waals surface area (Å²) in [4.78, 5) is 88.7. The van der Waals surface area contributed by atoms with E-state index in [0.717, 1.165) is 75.7 Å². The number of primary amides is 1. The Morgan fingerprint density at radius 1 is 1.00 bits per heavy atom. The largest absolute Gasteiger partial charge is 0.496 e. The summed E-state index contributed by atoms with van der Waals surface area (Å²) in [5.41, 5.74) is 8.47. The summed E-state index contributed by atoms with van der Waals surface area (Å²) in [5, 5.41) is 9.74. The van der Waals surface area contributed by atoms with Crippen LogP contribution >= 0.6 is 0 Å². The highest BCUT2D eigenvalue weighted by Gasteiger charge is 2.49. The van der Waals surface area contributed by atoms with Gasteiger partial charge in [0, 0.05) is 59.5 Å². The Kier molecular flexibility index (Phi) is 12.2. The molecular formula is C52H57FN8O8. The summed E-state index contributed by atoms with van der Waals surface area (Å²) < 4.78 is 26.3. The molecule has 4 atom stereocenters. The lowest BCUT2D eigenvalue weighted by atomic mass is 9.57. The van der Waals surface area contributed by atoms with E-state index in [-0.39, 0.29) is 53.0 Å². The van der Waals surface area contributed by atoms with Crippen LogP contribution < -0.4 is 26.4 Å². The number of rotatable bonds is 11. The maximum Gasteiger partial charge on any atom is 0.264 e. The average molecular weight is 941 g/mol. The summed E-state index contributed by atoms with van der Waals surface area (Å²) in [6, 6.07) is 7.62. The van der Waals surface area contributed by atoms with E-state index in [1.807, 2.05) is 13.0 Å². The average Bonchev–Trinajstić information content (AvgIpc) is 4.01. The summed E-state index contributed by atoms with van der Waals surface area (Å²) in [6.45, 7) is 2.86. The molecule has 6 amide bonds. The quantitative estimate of drug-likeness (QED) is 0.0973. The van der Waals surface area contributed by atoms with Crippen molar-refractivity contribution in [2.75, 3.05) is 26.0 Å². The van der Waals surface area contributed by atoms with Gasteiger partial charge in [0.05, 0.1) is 41.6 Å². The number of anilines is 1. The van der Waals surface area contributed by atoms with Crippen LogP contribution in [0.1, 0.15) is 139 Å². The van der Waals surface area contributed by atoms with Crippen LogP contribution in [0.2, 0.25) is 0 Å². The second-order valence-electron chi connectivity index (χ2n) is 20.1. The molecule has 4 aromatic rings. The second-order valence-corrected chi connectivity index (χ2v) is 20.1. The minimum Gasteiger partial charge on any atom is -0.496 e. The molecule has 6 aliphatic rings. The Hall–Kier alpha value is -6.67. The van der Waals surface area contributed by atoms with Crippen molar-refractivity contribution in [3.05, 3.63) is 70.7 Å². The van der Waals surface area contributed by atoms with E-state index in [4.69, 9.17) is 19.9 Å². The smallest absolute Gasteiger partial charge is 0.264 e. The number of ether oxygens (including phenoxy) is 1. The van der Waals surface area contributed by atoms with E-state index < -0.39 is 59.6 Å². The molecular weight excluding hydrogens is 884 g/mol. The normalized spacial score (nSPS) is 28.8. The fourth-order valence-corrected chi connectivity index (χ4v) is 12.1. The third-order valence-electron chi connectivity index (χ3n) is 16.0. The number of alkyl halides is 1. The number of oxazole rings is 1. The van der Waals surface area contributed by atoms with Crippen molar-refractivity contribution in [2.24, 2.45) is 28.9 Å². The minimum absolute atomic E-state index is 0.0798. The van der Waals surface area contributed by atoms with Gasteiger partial charge in [-0.3, -0.25) is 39.0 Å². The zero-order valence-electron chi connectivity index (χ0n) is 39.1. The number of aromatic nitrogens is 2. The number of hydrogen-bond donors (Lipinski definition) is 4. The first-order valence-corrected chi connectivity index (χ1v) is 24.3. The number of benzene rings is 2. The molecule has 5 N–H and O–H groups in total. The fourth-order valence-electron chi connectivity index (χ4n) is 12.1. The van der Waals surface area contributed by atoms with E-state index in [1.165, 1.54) is 13.3 Å². The molecule has 3 aliphatic carbocycles. The van der Waals surface area contributed by atoms with Crippen LogP contribution in [0.25, 0.3) is 22.4 Å². The van der Waals surface area contributed by atoms with Gasteiger partial charge in [0.25, 0.3) is 23.6 Å². The number of pyridine rings is 1. The molecule has 0 radical (unpaired) electrons. The van der Waals surface area contributed by atoms with Gasteiger partial charge in [0.2, 0.25) is 17.7 Å². The zero-order valence-corrected chi connectivity index (χ0v) is 39.1. The van der Waals surface area contributed by atoms with Crippen LogP contribution in [0.4, 0.5) is 10.1 Å². The van der Waals surface area contributed by atoms with Gasteiger partial charge in [-0.2, -0.15) is 0 Å². The van der Waals surface area contributed by atoms with Crippen LogP contribution in [-0.4, -0.2) is 100 Å². The number of amides is 6. The predicted octanol–water partition coefficient (Wildman–Crippen LogP) is 6.23. The zero-order chi connectivity index (χ0) is 48.3. The Morgan fingerprint density at radius 2 is 1.77 bits per heavy atom. The van der Waals surface area contributed by atoms with Crippen LogP contribution in [-0.2, 0) is 14.4 Å². The highest BCUT2D eigenvalue weighted by atomic mass is 19.1. The van der Waals surface area contributed by atoms with Gasteiger partial charge in [-0.05, 0) is 120 Å². The Morgan fingerprint density at radius 3 is 2.48 bits per heavy atom. The molecule has 1 spiro atoms. The molecule has 360 valence electrons. The van der Waals surface area contributed by atoms with Gasteiger partial charge in [0.15, 0.2) is 6.17 Å². The van der Waals surface area contributed by atoms with Crippen LogP contribution in [0.15, 0.2) is 47.1 Å². The van der Waals surface area contributed by atoms with E-state index in [1.54, 1.807) is 30.5 Å². The van der Waals surface area contributed by atoms with Gasteiger partial charge in [-0.15, -0.1) is 0 Å². The van der Waals surface area contributed by atoms with Crippen molar-refractivity contribution in [3.8, 4) is 29.2 Å². The van der Waals surface area contributed by atoms with Crippen molar-refractivity contribution in [1.82, 2.24) is 30.4 Å². The van der Waals surface area contributed by atoms with Crippen LogP contribution in [0.3, 0.4) is 0 Å². The van der Waals surface area contributed by atoms with Gasteiger partial charge in [0.1, 0.15) is 23.2 Å². The number of halogens is 1. The maximum absolute atomic E-state index is 14.6. The van der Waals surface area contributed by atoms with Gasteiger partial charge >= 0.3 is 0 Å². The molecule has 2 aromatic heterocycles. The van der Waals surface area contributed by atoms with Crippen molar-refractivity contribution < 1.29 is 42.3 Å². The molecule has 17 heteroatoms. The number of carbonyl (C=O) groups is 6. The summed E-state index contributed by atoms with van der Waals surface area (Å²) >= 11 is 0. The van der Waals surface area contributed by atoms with Gasteiger partial charge in [-0.25, -0.2) is 14.4 Å². The number of nitrogens with zero attached hydrogens (tertiary/aromatic N) is 4. The van der Waals surface area contributed by atoms with Crippen molar-refractivity contribution in [2.45, 2.75) is 121 Å². The molecule has 5 heterocycles. The SMILES string of the molecule is CC[C@H]1C(c2cnc(-c3ncc(C#CC4CCC(CN(C)C5CCC6(CC5)CC(Nc5cccc7c5C(=O)N(C5CCC(=O)NC5=O)C7=O)C6)CC4)c4cc(C(N)=O)c(OC)cc34)o2)NC(=O)[C@H]1F. The van der Waals surface area contributed by atoms with Crippen molar-refractivity contribution >= 4 is 51.9 Å². The third-order valence-corrected chi connectivity index (χ3v) is 16.0. The number of piperidine rings is 1. The number of hydrogen-bond acceptors (Lipinski definition) is 12. The molecule has 3 aliphatic heterocycles. The van der Waals surface area contributed by atoms with E-state index >= 15 is 0 Å². The monoisotopic (exact) mass is 940 g/mol. The maximum atomic E-state index is 14.6. The number of fused-ring (bicyclic) bond motifs is 2. The lowest BCUT2D eigenvalue weighted by molar-refractivity contribution is -0.136. The van der Waals surface area contributed by atoms with Crippen LogP contribution in [0.5, 0.6) is 5.75 Å². The third kappa shape index (κ3) is 8.50. The Labute approximate surface area is 399 Å². The van der Waals surface area contributed by atoms with Crippen molar-refractivity contribution in [1.29, 1.82) is 0 Å². The lowest BCUT2D eigenvalue weighted by Gasteiger charge is -2.53. The van der Waals surface area contributed by atoms with Crippen LogP contribution in [0, 0.1) is 35.0 Å².